The summed E-state index contributed by atoms with van der Waals surface area (Å²) in [6.07, 6.45) is 1.08. The average Bonchev–Trinajstić information content (AvgIpc) is 2.72. The third-order valence-corrected chi connectivity index (χ3v) is 5.26. The summed E-state index contributed by atoms with van der Waals surface area (Å²) >= 11 is 0. The van der Waals surface area contributed by atoms with Gasteiger partial charge in [0.15, 0.2) is 5.96 Å². The maximum Gasteiger partial charge on any atom is 0.326 e. The van der Waals surface area contributed by atoms with Crippen molar-refractivity contribution in [1.29, 1.82) is 0 Å². The number of hydrogen-bond donors (Lipinski definition) is 7. The number of carboxylic acids is 1. The fourth-order valence-corrected chi connectivity index (χ4v) is 3.28. The van der Waals surface area contributed by atoms with Crippen molar-refractivity contribution in [3.05, 3.63) is 0 Å². The quantitative estimate of drug-likeness (QED) is 0.0844. The fourth-order valence-electron chi connectivity index (χ4n) is 3.28. The molecule has 0 rings (SSSR count). The number of carbonyl (C=O) groups is 4. The zero-order chi connectivity index (χ0) is 27.3. The molecule has 0 aromatic rings. The van der Waals surface area contributed by atoms with Crippen molar-refractivity contribution >= 4 is 29.7 Å². The number of carbonyl (C=O) groups excluding carboxylic acids is 3. The number of aliphatic carboxylic acids is 1. The number of amides is 3. The molecule has 0 spiro atoms. The number of hydrogen-bond acceptors (Lipinski definition) is 6. The smallest absolute Gasteiger partial charge is 0.326 e. The summed E-state index contributed by atoms with van der Waals surface area (Å²) in [4.78, 5) is 54.1. The minimum atomic E-state index is -1.16. The van der Waals surface area contributed by atoms with Gasteiger partial charge < -0.3 is 38.3 Å². The van der Waals surface area contributed by atoms with Gasteiger partial charge in [-0.15, -0.1) is 0 Å². The van der Waals surface area contributed by atoms with Crippen molar-refractivity contribution in [2.75, 3.05) is 6.54 Å². The number of guanidine groups is 1. The number of nitrogens with two attached hydrogens (primary N) is 3. The van der Waals surface area contributed by atoms with Crippen LogP contribution in [0.4, 0.5) is 0 Å². The van der Waals surface area contributed by atoms with Crippen molar-refractivity contribution < 1.29 is 24.3 Å². The first-order valence-electron chi connectivity index (χ1n) is 12.1. The number of rotatable bonds is 16. The third kappa shape index (κ3) is 13.5. The maximum atomic E-state index is 13.1. The first-order valence-corrected chi connectivity index (χ1v) is 12.1. The van der Waals surface area contributed by atoms with Crippen LogP contribution in [0, 0.1) is 17.8 Å². The number of nitrogens with zero attached hydrogens (tertiary/aromatic N) is 1. The minimum absolute atomic E-state index is 0.0297. The molecule has 0 bridgehead atoms. The van der Waals surface area contributed by atoms with Crippen LogP contribution in [0.15, 0.2) is 4.99 Å². The summed E-state index contributed by atoms with van der Waals surface area (Å²) in [5.74, 6) is -2.94. The minimum Gasteiger partial charge on any atom is -0.480 e. The Balaban J connectivity index is 5.65. The molecule has 0 aromatic heterocycles. The van der Waals surface area contributed by atoms with Gasteiger partial charge in [-0.05, 0) is 43.4 Å². The Morgan fingerprint density at radius 3 is 1.69 bits per heavy atom. The van der Waals surface area contributed by atoms with E-state index in [0.717, 1.165) is 0 Å². The van der Waals surface area contributed by atoms with Crippen LogP contribution < -0.4 is 33.2 Å². The highest BCUT2D eigenvalue weighted by Gasteiger charge is 2.31. The van der Waals surface area contributed by atoms with Crippen LogP contribution in [-0.2, 0) is 19.2 Å². The Labute approximate surface area is 208 Å². The van der Waals surface area contributed by atoms with E-state index in [9.17, 15) is 24.3 Å². The van der Waals surface area contributed by atoms with Gasteiger partial charge >= 0.3 is 5.97 Å². The Morgan fingerprint density at radius 2 is 1.23 bits per heavy atom. The average molecular weight is 500 g/mol. The predicted octanol–water partition coefficient (Wildman–Crippen LogP) is -0.345. The van der Waals surface area contributed by atoms with Crippen LogP contribution in [0.1, 0.15) is 67.2 Å². The van der Waals surface area contributed by atoms with Gasteiger partial charge in [-0.1, -0.05) is 41.5 Å². The summed E-state index contributed by atoms with van der Waals surface area (Å²) in [6, 6.07) is -3.85. The number of nitrogens with one attached hydrogen (secondary N) is 3. The monoisotopic (exact) mass is 499 g/mol. The van der Waals surface area contributed by atoms with E-state index >= 15 is 0 Å². The number of carboxylic acid groups (broad SMARTS) is 1. The second-order valence-corrected chi connectivity index (χ2v) is 10.00. The Morgan fingerprint density at radius 1 is 0.771 bits per heavy atom. The van der Waals surface area contributed by atoms with Gasteiger partial charge in [-0.3, -0.25) is 19.4 Å². The van der Waals surface area contributed by atoms with Crippen LogP contribution in [-0.4, -0.2) is 65.5 Å². The SMILES string of the molecule is CC(C)CC(NC(=O)C(CCCN=C(N)N)NC(=O)C(CC(C)C)NC(=O)C(N)C(C)C)C(=O)O. The van der Waals surface area contributed by atoms with E-state index < -0.39 is 47.9 Å². The molecule has 0 heterocycles. The fraction of sp³-hybridized carbons (Fsp3) is 0.783. The van der Waals surface area contributed by atoms with Crippen molar-refractivity contribution in [3.63, 3.8) is 0 Å². The zero-order valence-electron chi connectivity index (χ0n) is 21.8. The highest BCUT2D eigenvalue weighted by Crippen LogP contribution is 2.10. The van der Waals surface area contributed by atoms with Gasteiger partial charge in [0.25, 0.3) is 0 Å². The molecule has 0 aliphatic carbocycles. The Bertz CT molecular complexity index is 736. The molecule has 0 saturated carbocycles. The second-order valence-electron chi connectivity index (χ2n) is 10.00. The first-order chi connectivity index (χ1) is 16.1. The standard InChI is InChI=1S/C23H45N7O5/c1-12(2)10-16(29-21(33)18(24)14(5)6)20(32)28-15(8-7-9-27-23(25)26)19(31)30-17(22(34)35)11-13(3)4/h12-18H,7-11,24H2,1-6H3,(H,28,32)(H,29,33)(H,30,31)(H,34,35)(H4,25,26,27). The first kappa shape index (κ1) is 32.1. The van der Waals surface area contributed by atoms with E-state index in [1.165, 1.54) is 0 Å². The molecule has 0 aliphatic rings. The molecule has 35 heavy (non-hydrogen) atoms. The Hall–Kier alpha value is -2.89. The van der Waals surface area contributed by atoms with Gasteiger partial charge in [0, 0.05) is 6.54 Å². The molecule has 0 fully saturated rings. The van der Waals surface area contributed by atoms with Crippen molar-refractivity contribution in [3.8, 4) is 0 Å². The van der Waals surface area contributed by atoms with Crippen LogP contribution in [0.25, 0.3) is 0 Å². The topological polar surface area (TPSA) is 215 Å². The lowest BCUT2D eigenvalue weighted by Gasteiger charge is -2.26. The molecule has 10 N–H and O–H groups in total. The molecule has 202 valence electrons. The van der Waals surface area contributed by atoms with E-state index in [1.54, 1.807) is 13.8 Å². The normalized spacial score (nSPS) is 14.7. The zero-order valence-corrected chi connectivity index (χ0v) is 21.8. The predicted molar refractivity (Wildman–Crippen MR) is 135 cm³/mol. The van der Waals surface area contributed by atoms with Crippen LogP contribution in [0.3, 0.4) is 0 Å². The molecule has 4 unspecified atom stereocenters. The van der Waals surface area contributed by atoms with Crippen LogP contribution in [0.5, 0.6) is 0 Å². The second kappa shape index (κ2) is 15.9. The molecule has 3 amide bonds. The van der Waals surface area contributed by atoms with Crippen molar-refractivity contribution in [1.82, 2.24) is 16.0 Å². The van der Waals surface area contributed by atoms with E-state index in [2.05, 4.69) is 20.9 Å². The molecule has 4 atom stereocenters. The summed E-state index contributed by atoms with van der Waals surface area (Å²) in [6.45, 7) is 11.3. The lowest BCUT2D eigenvalue weighted by Crippen LogP contribution is -2.57. The van der Waals surface area contributed by atoms with Gasteiger partial charge in [0.1, 0.15) is 18.1 Å². The molecular weight excluding hydrogens is 454 g/mol. The van der Waals surface area contributed by atoms with Crippen LogP contribution in [0.2, 0.25) is 0 Å². The maximum absolute atomic E-state index is 13.1. The largest absolute Gasteiger partial charge is 0.480 e. The summed E-state index contributed by atoms with van der Waals surface area (Å²) in [5.41, 5.74) is 16.6. The molecule has 0 saturated heterocycles. The highest BCUT2D eigenvalue weighted by atomic mass is 16.4. The Kier molecular flexibility index (Phi) is 14.6. The molecule has 0 aliphatic heterocycles. The van der Waals surface area contributed by atoms with Gasteiger partial charge in [0.2, 0.25) is 17.7 Å². The summed E-state index contributed by atoms with van der Waals surface area (Å²) in [7, 11) is 0. The lowest BCUT2D eigenvalue weighted by molar-refractivity contribution is -0.143. The number of aliphatic imine (C=N–C) groups is 1. The van der Waals surface area contributed by atoms with Crippen molar-refractivity contribution in [2.24, 2.45) is 39.9 Å². The molecular formula is C23H45N7O5. The lowest BCUT2D eigenvalue weighted by atomic mass is 9.99. The molecule has 0 aromatic carbocycles. The van der Waals surface area contributed by atoms with Gasteiger partial charge in [0.05, 0.1) is 6.04 Å². The molecule has 12 heteroatoms. The molecule has 0 radical (unpaired) electrons. The molecule has 12 nitrogen and oxygen atoms in total. The van der Waals surface area contributed by atoms with E-state index in [-0.39, 0.29) is 43.1 Å². The van der Waals surface area contributed by atoms with Crippen molar-refractivity contribution in [2.45, 2.75) is 91.4 Å². The van der Waals surface area contributed by atoms with E-state index in [0.29, 0.717) is 12.8 Å². The third-order valence-electron chi connectivity index (χ3n) is 5.26. The highest BCUT2D eigenvalue weighted by molar-refractivity contribution is 5.94. The van der Waals surface area contributed by atoms with Gasteiger partial charge in [-0.25, -0.2) is 4.79 Å². The van der Waals surface area contributed by atoms with Crippen LogP contribution >= 0.6 is 0 Å². The van der Waals surface area contributed by atoms with Gasteiger partial charge in [-0.2, -0.15) is 0 Å². The summed E-state index contributed by atoms with van der Waals surface area (Å²) in [5, 5.41) is 17.4. The summed E-state index contributed by atoms with van der Waals surface area (Å²) < 4.78 is 0. The van der Waals surface area contributed by atoms with E-state index in [4.69, 9.17) is 17.2 Å². The van der Waals surface area contributed by atoms with E-state index in [1.807, 2.05) is 27.7 Å².